The molecule has 26 heavy (non-hydrogen) atoms. The molecule has 1 aliphatic heterocycles. The monoisotopic (exact) mass is 360 g/mol. The maximum absolute atomic E-state index is 11.4. The quantitative estimate of drug-likeness (QED) is 0.432. The lowest BCUT2D eigenvalue weighted by Crippen LogP contribution is -2.60. The number of nitrogens with zero attached hydrogens (tertiary/aromatic N) is 4. The first-order chi connectivity index (χ1) is 12.2. The molecule has 4 rings (SSSR count). The smallest absolute Gasteiger partial charge is 0.296 e. The van der Waals surface area contributed by atoms with Gasteiger partial charge in [0.15, 0.2) is 5.69 Å². The Hall–Kier alpha value is -2.10. The predicted octanol–water partition coefficient (Wildman–Crippen LogP) is 2.47. The van der Waals surface area contributed by atoms with Crippen LogP contribution in [0.25, 0.3) is 0 Å². The molecule has 3 N–H and O–H groups in total. The largest absolute Gasteiger partial charge is 0.373 e. The maximum atomic E-state index is 11.4. The van der Waals surface area contributed by atoms with Crippen molar-refractivity contribution in [2.24, 2.45) is 27.1 Å². The van der Waals surface area contributed by atoms with Crippen LogP contribution >= 0.6 is 0 Å². The van der Waals surface area contributed by atoms with Crippen LogP contribution in [0.4, 0.5) is 11.4 Å². The van der Waals surface area contributed by atoms with Gasteiger partial charge in [0.25, 0.3) is 5.69 Å². The molecule has 1 aromatic rings. The molecule has 3 aliphatic rings. The standard InChI is InChI=1S/C17H24N6O3/c1-15(2)11-8-9-16(15,3)17(24)14(11)22(10-18-17)21-20-19-12-6-4-5-7-13(12)23(25)26/h4-7,11,14,18,24H,8-10H2,1-3H3,(H,19,21). The van der Waals surface area contributed by atoms with Gasteiger partial charge in [0, 0.05) is 11.5 Å². The second-order valence-electron chi connectivity index (χ2n) is 8.26. The zero-order valence-electron chi connectivity index (χ0n) is 15.1. The zero-order chi connectivity index (χ0) is 18.7. The average Bonchev–Trinajstić information content (AvgIpc) is 3.09. The summed E-state index contributed by atoms with van der Waals surface area (Å²) in [6.45, 7) is 7.02. The van der Waals surface area contributed by atoms with Crippen molar-refractivity contribution in [3.63, 3.8) is 0 Å². The fourth-order valence-electron chi connectivity index (χ4n) is 5.37. The number of aliphatic hydroxyl groups is 1. The average molecular weight is 360 g/mol. The number of para-hydroxylation sites is 1. The van der Waals surface area contributed by atoms with Crippen molar-refractivity contribution in [2.45, 2.75) is 45.4 Å². The third-order valence-electron chi connectivity index (χ3n) is 7.22. The molecule has 2 bridgehead atoms. The molecule has 0 aromatic heterocycles. The van der Waals surface area contributed by atoms with Crippen molar-refractivity contribution in [3.8, 4) is 0 Å². The molecule has 0 radical (unpaired) electrons. The fourth-order valence-corrected chi connectivity index (χ4v) is 5.37. The number of rotatable bonds is 4. The highest BCUT2D eigenvalue weighted by molar-refractivity contribution is 5.56. The molecule has 3 fully saturated rings. The minimum absolute atomic E-state index is 0.00484. The molecule has 140 valence electrons. The van der Waals surface area contributed by atoms with Gasteiger partial charge >= 0.3 is 0 Å². The van der Waals surface area contributed by atoms with Crippen LogP contribution in [0.3, 0.4) is 0 Å². The van der Waals surface area contributed by atoms with E-state index in [0.29, 0.717) is 12.6 Å². The Morgan fingerprint density at radius 3 is 2.85 bits per heavy atom. The number of nitrogens with one attached hydrogen (secondary N) is 2. The number of benzene rings is 1. The van der Waals surface area contributed by atoms with Crippen LogP contribution in [0.1, 0.15) is 33.6 Å². The van der Waals surface area contributed by atoms with Gasteiger partial charge in [-0.25, -0.2) is 5.53 Å². The summed E-state index contributed by atoms with van der Waals surface area (Å²) in [5.74, 6) is 0.321. The van der Waals surface area contributed by atoms with Crippen LogP contribution in [0.5, 0.6) is 0 Å². The Morgan fingerprint density at radius 2 is 2.12 bits per heavy atom. The molecule has 0 amide bonds. The van der Waals surface area contributed by atoms with Crippen molar-refractivity contribution in [1.29, 1.82) is 0 Å². The van der Waals surface area contributed by atoms with E-state index >= 15 is 0 Å². The van der Waals surface area contributed by atoms with Crippen LogP contribution in [0.15, 0.2) is 34.6 Å². The highest BCUT2D eigenvalue weighted by Gasteiger charge is 2.76. The Bertz CT molecular complexity index is 784. The molecule has 1 heterocycles. The van der Waals surface area contributed by atoms with Gasteiger partial charge in [0.1, 0.15) is 5.72 Å². The third-order valence-corrected chi connectivity index (χ3v) is 7.22. The predicted molar refractivity (Wildman–Crippen MR) is 93.9 cm³/mol. The van der Waals surface area contributed by atoms with Crippen molar-refractivity contribution >= 4 is 11.4 Å². The van der Waals surface area contributed by atoms with Gasteiger partial charge in [-0.2, -0.15) is 5.01 Å². The molecule has 4 unspecified atom stereocenters. The molecular formula is C17H24N6O3. The summed E-state index contributed by atoms with van der Waals surface area (Å²) in [5.41, 5.74) is 1.76. The minimum atomic E-state index is -0.985. The Labute approximate surface area is 151 Å². The zero-order valence-corrected chi connectivity index (χ0v) is 15.1. The normalized spacial score (nSPS) is 38.0. The van der Waals surface area contributed by atoms with Crippen molar-refractivity contribution in [1.82, 2.24) is 15.9 Å². The molecule has 9 heteroatoms. The van der Waals surface area contributed by atoms with E-state index in [4.69, 9.17) is 0 Å². The van der Waals surface area contributed by atoms with E-state index in [2.05, 4.69) is 42.0 Å². The Balaban J connectivity index is 1.54. The number of hydrazine groups is 1. The van der Waals surface area contributed by atoms with Crippen LogP contribution in [-0.2, 0) is 0 Å². The molecule has 1 aromatic carbocycles. The summed E-state index contributed by atoms with van der Waals surface area (Å²) >= 11 is 0. The first-order valence-corrected chi connectivity index (χ1v) is 8.86. The Kier molecular flexibility index (Phi) is 3.63. The minimum Gasteiger partial charge on any atom is -0.373 e. The fraction of sp³-hybridized carbons (Fsp3) is 0.647. The van der Waals surface area contributed by atoms with E-state index in [1.807, 2.05) is 5.01 Å². The summed E-state index contributed by atoms with van der Waals surface area (Å²) in [6.07, 6.45) is 2.04. The lowest BCUT2D eigenvalue weighted by molar-refractivity contribution is -0.384. The lowest BCUT2D eigenvalue weighted by Gasteiger charge is -2.44. The number of hydrogen-bond donors (Lipinski definition) is 3. The van der Waals surface area contributed by atoms with E-state index in [0.717, 1.165) is 12.8 Å². The molecule has 1 saturated heterocycles. The van der Waals surface area contributed by atoms with E-state index in [9.17, 15) is 15.2 Å². The van der Waals surface area contributed by atoms with Crippen LogP contribution < -0.4 is 10.9 Å². The first-order valence-electron chi connectivity index (χ1n) is 8.86. The van der Waals surface area contributed by atoms with Gasteiger partial charge in [0.05, 0.1) is 17.6 Å². The number of hydrogen-bond acceptors (Lipinski definition) is 7. The Morgan fingerprint density at radius 1 is 1.38 bits per heavy atom. The molecule has 4 atom stereocenters. The molecular weight excluding hydrogens is 336 g/mol. The third kappa shape index (κ3) is 2.02. The molecule has 2 saturated carbocycles. The van der Waals surface area contributed by atoms with Crippen molar-refractivity contribution in [3.05, 3.63) is 34.4 Å². The summed E-state index contributed by atoms with van der Waals surface area (Å²) in [7, 11) is 0. The first kappa shape index (κ1) is 17.3. The SMILES string of the molecule is CC1(C)C2CCC1(C)C1(O)NCN(NN=Nc3ccccc3[N+](=O)[O-])C21. The highest BCUT2D eigenvalue weighted by Crippen LogP contribution is 2.70. The highest BCUT2D eigenvalue weighted by atomic mass is 16.6. The van der Waals surface area contributed by atoms with E-state index in [-0.39, 0.29) is 28.2 Å². The number of nitro benzene ring substituents is 1. The van der Waals surface area contributed by atoms with Crippen molar-refractivity contribution < 1.29 is 10.0 Å². The van der Waals surface area contributed by atoms with Crippen LogP contribution in [-0.4, -0.2) is 33.5 Å². The topological polar surface area (TPSA) is 115 Å². The van der Waals surface area contributed by atoms with Gasteiger partial charge in [-0.1, -0.05) is 38.1 Å². The van der Waals surface area contributed by atoms with Gasteiger partial charge in [0.2, 0.25) is 0 Å². The lowest BCUT2D eigenvalue weighted by atomic mass is 9.67. The van der Waals surface area contributed by atoms with Gasteiger partial charge < -0.3 is 5.11 Å². The van der Waals surface area contributed by atoms with E-state index in [1.165, 1.54) is 6.07 Å². The summed E-state index contributed by atoms with van der Waals surface area (Å²) in [5, 5.41) is 35.5. The van der Waals surface area contributed by atoms with Crippen molar-refractivity contribution in [2.75, 3.05) is 6.67 Å². The summed E-state index contributed by atoms with van der Waals surface area (Å²) < 4.78 is 0. The molecule has 9 nitrogen and oxygen atoms in total. The number of nitro groups is 1. The van der Waals surface area contributed by atoms with Gasteiger partial charge in [-0.3, -0.25) is 15.4 Å². The van der Waals surface area contributed by atoms with Gasteiger partial charge in [-0.05, 0) is 30.2 Å². The van der Waals surface area contributed by atoms with E-state index < -0.39 is 10.6 Å². The van der Waals surface area contributed by atoms with Gasteiger partial charge in [-0.15, -0.1) is 5.11 Å². The summed E-state index contributed by atoms with van der Waals surface area (Å²) in [6, 6.07) is 6.08. The molecule has 2 aliphatic carbocycles. The van der Waals surface area contributed by atoms with E-state index in [1.54, 1.807) is 18.2 Å². The summed E-state index contributed by atoms with van der Waals surface area (Å²) in [4.78, 5) is 10.6. The molecule has 0 spiro atoms. The van der Waals surface area contributed by atoms with Crippen LogP contribution in [0, 0.1) is 26.9 Å². The number of fused-ring (bicyclic) bond motifs is 5. The second kappa shape index (κ2) is 5.45. The van der Waals surface area contributed by atoms with Crippen LogP contribution in [0.2, 0.25) is 0 Å². The maximum Gasteiger partial charge on any atom is 0.296 e. The second-order valence-corrected chi connectivity index (χ2v) is 8.26.